The monoisotopic (exact) mass is 200 g/mol. The summed E-state index contributed by atoms with van der Waals surface area (Å²) in [5.41, 5.74) is 0.863. The summed E-state index contributed by atoms with van der Waals surface area (Å²) in [7, 11) is 0. The summed E-state index contributed by atoms with van der Waals surface area (Å²) < 4.78 is 0. The fourth-order valence-electron chi connectivity index (χ4n) is 0.769. The van der Waals surface area contributed by atoms with Crippen LogP contribution in [-0.2, 0) is 4.79 Å². The van der Waals surface area contributed by atoms with E-state index in [2.05, 4.69) is 10.3 Å². The molecule has 1 heterocycles. The normalized spacial score (nSPS) is 9.69. The van der Waals surface area contributed by atoms with Crippen molar-refractivity contribution in [2.24, 2.45) is 0 Å². The minimum atomic E-state index is -0.932. The molecule has 0 unspecified atom stereocenters. The van der Waals surface area contributed by atoms with Crippen molar-refractivity contribution in [1.82, 2.24) is 4.98 Å². The van der Waals surface area contributed by atoms with Crippen LogP contribution < -0.4 is 5.32 Å². The van der Waals surface area contributed by atoms with Crippen LogP contribution in [0.25, 0.3) is 0 Å². The Bertz CT molecular complexity index is 328. The van der Waals surface area contributed by atoms with Crippen molar-refractivity contribution in [3.05, 3.63) is 22.8 Å². The molecule has 0 fully saturated rings. The van der Waals surface area contributed by atoms with E-state index in [1.807, 2.05) is 6.92 Å². The van der Waals surface area contributed by atoms with Gasteiger partial charge < -0.3 is 10.4 Å². The molecule has 0 bridgehead atoms. The molecule has 4 nitrogen and oxygen atoms in total. The lowest BCUT2D eigenvalue weighted by Crippen LogP contribution is -2.13. The number of rotatable bonds is 3. The Kier molecular flexibility index (Phi) is 3.08. The number of aromatic nitrogens is 1. The lowest BCUT2D eigenvalue weighted by atomic mass is 10.3. The van der Waals surface area contributed by atoms with Crippen LogP contribution in [0.2, 0.25) is 5.15 Å². The number of hydrogen-bond donors (Lipinski definition) is 2. The second kappa shape index (κ2) is 4.09. The van der Waals surface area contributed by atoms with Crippen molar-refractivity contribution in [1.29, 1.82) is 0 Å². The van der Waals surface area contributed by atoms with Gasteiger partial charge in [-0.15, -0.1) is 0 Å². The fraction of sp³-hybridized carbons (Fsp3) is 0.250. The van der Waals surface area contributed by atoms with Gasteiger partial charge >= 0.3 is 5.97 Å². The topological polar surface area (TPSA) is 62.2 Å². The predicted octanol–water partition coefficient (Wildman–Crippen LogP) is 1.54. The molecule has 0 aliphatic rings. The Hall–Kier alpha value is -1.29. The molecule has 0 amide bonds. The molecule has 1 aromatic heterocycles. The van der Waals surface area contributed by atoms with Crippen LogP contribution in [0.1, 0.15) is 5.56 Å². The van der Waals surface area contributed by atoms with E-state index in [9.17, 15) is 4.79 Å². The van der Waals surface area contributed by atoms with Crippen molar-refractivity contribution in [3.63, 3.8) is 0 Å². The lowest BCUT2D eigenvalue weighted by Gasteiger charge is -2.03. The van der Waals surface area contributed by atoms with Crippen molar-refractivity contribution < 1.29 is 9.90 Å². The van der Waals surface area contributed by atoms with E-state index in [0.717, 1.165) is 5.56 Å². The molecule has 0 saturated carbocycles. The summed E-state index contributed by atoms with van der Waals surface area (Å²) in [6.45, 7) is 1.67. The zero-order valence-electron chi connectivity index (χ0n) is 7.04. The van der Waals surface area contributed by atoms with Gasteiger partial charge in [0.05, 0.1) is 0 Å². The van der Waals surface area contributed by atoms with Gasteiger partial charge in [-0.3, -0.25) is 4.79 Å². The number of carboxylic acids is 1. The second-order valence-corrected chi connectivity index (χ2v) is 2.91. The molecule has 5 heteroatoms. The third-order valence-electron chi connectivity index (χ3n) is 1.46. The van der Waals surface area contributed by atoms with Crippen LogP contribution in [0.15, 0.2) is 12.1 Å². The number of carbonyl (C=O) groups is 1. The molecule has 70 valence electrons. The van der Waals surface area contributed by atoms with Crippen molar-refractivity contribution in [2.45, 2.75) is 6.92 Å². The van der Waals surface area contributed by atoms with Crippen LogP contribution in [0.5, 0.6) is 0 Å². The maximum Gasteiger partial charge on any atom is 0.322 e. The molecule has 1 rings (SSSR count). The van der Waals surface area contributed by atoms with E-state index in [0.29, 0.717) is 11.0 Å². The maximum atomic E-state index is 10.2. The van der Waals surface area contributed by atoms with Gasteiger partial charge in [0.2, 0.25) is 0 Å². The fourth-order valence-corrected chi connectivity index (χ4v) is 0.923. The summed E-state index contributed by atoms with van der Waals surface area (Å²) in [6, 6.07) is 3.46. The number of aryl methyl sites for hydroxylation is 1. The van der Waals surface area contributed by atoms with Crippen LogP contribution in [-0.4, -0.2) is 22.6 Å². The number of pyridine rings is 1. The van der Waals surface area contributed by atoms with E-state index in [1.165, 1.54) is 0 Å². The molecule has 0 aromatic carbocycles. The molecule has 1 aromatic rings. The summed E-state index contributed by atoms with van der Waals surface area (Å²) in [4.78, 5) is 14.1. The molecule has 0 atom stereocenters. The Labute approximate surface area is 80.6 Å². The summed E-state index contributed by atoms with van der Waals surface area (Å²) in [5.74, 6) is -0.462. The molecule has 2 N–H and O–H groups in total. The number of hydrogen-bond acceptors (Lipinski definition) is 3. The maximum absolute atomic E-state index is 10.2. The van der Waals surface area contributed by atoms with Gasteiger partial charge in [-0.05, 0) is 18.6 Å². The molecule has 0 spiro atoms. The number of halogens is 1. The van der Waals surface area contributed by atoms with E-state index in [-0.39, 0.29) is 6.54 Å². The molecule has 0 saturated heterocycles. The Morgan fingerprint density at radius 3 is 2.92 bits per heavy atom. The minimum absolute atomic E-state index is 0.160. The lowest BCUT2D eigenvalue weighted by molar-refractivity contribution is -0.134. The van der Waals surface area contributed by atoms with Crippen molar-refractivity contribution in [2.75, 3.05) is 11.9 Å². The quantitative estimate of drug-likeness (QED) is 0.727. The molecule has 0 aliphatic carbocycles. The van der Waals surface area contributed by atoms with Crippen LogP contribution in [0, 0.1) is 6.92 Å². The molecular formula is C8H9ClN2O2. The van der Waals surface area contributed by atoms with Crippen molar-refractivity contribution >= 4 is 23.4 Å². The minimum Gasteiger partial charge on any atom is -0.480 e. The highest BCUT2D eigenvalue weighted by Crippen LogP contribution is 2.14. The van der Waals surface area contributed by atoms with E-state index < -0.39 is 5.97 Å². The first-order valence-electron chi connectivity index (χ1n) is 3.68. The zero-order chi connectivity index (χ0) is 9.84. The molecular weight excluding hydrogens is 192 g/mol. The van der Waals surface area contributed by atoms with E-state index in [4.69, 9.17) is 16.7 Å². The predicted molar refractivity (Wildman–Crippen MR) is 50.1 cm³/mol. The van der Waals surface area contributed by atoms with Crippen LogP contribution in [0.3, 0.4) is 0 Å². The van der Waals surface area contributed by atoms with E-state index >= 15 is 0 Å². The SMILES string of the molecule is Cc1ccc(NCC(=O)O)nc1Cl. The highest BCUT2D eigenvalue weighted by atomic mass is 35.5. The highest BCUT2D eigenvalue weighted by molar-refractivity contribution is 6.30. The van der Waals surface area contributed by atoms with Crippen LogP contribution in [0.4, 0.5) is 5.82 Å². The van der Waals surface area contributed by atoms with Gasteiger partial charge in [0.15, 0.2) is 0 Å². The number of carboxylic acid groups (broad SMARTS) is 1. The largest absolute Gasteiger partial charge is 0.480 e. The average Bonchev–Trinajstić information content (AvgIpc) is 2.07. The number of anilines is 1. The van der Waals surface area contributed by atoms with Gasteiger partial charge in [0.25, 0.3) is 0 Å². The third kappa shape index (κ3) is 2.91. The van der Waals surface area contributed by atoms with Gasteiger partial charge in [-0.25, -0.2) is 4.98 Å². The third-order valence-corrected chi connectivity index (χ3v) is 1.84. The Balaban J connectivity index is 2.68. The average molecular weight is 201 g/mol. The number of nitrogens with zero attached hydrogens (tertiary/aromatic N) is 1. The summed E-state index contributed by atoms with van der Waals surface area (Å²) >= 11 is 5.73. The molecule has 0 aliphatic heterocycles. The number of nitrogens with one attached hydrogen (secondary N) is 1. The van der Waals surface area contributed by atoms with Gasteiger partial charge in [-0.1, -0.05) is 17.7 Å². The smallest absolute Gasteiger partial charge is 0.322 e. The Morgan fingerprint density at radius 1 is 1.69 bits per heavy atom. The first kappa shape index (κ1) is 9.80. The van der Waals surface area contributed by atoms with Gasteiger partial charge in [-0.2, -0.15) is 0 Å². The van der Waals surface area contributed by atoms with Gasteiger partial charge in [0, 0.05) is 0 Å². The summed E-state index contributed by atoms with van der Waals surface area (Å²) in [5, 5.41) is 11.4. The van der Waals surface area contributed by atoms with Crippen LogP contribution >= 0.6 is 11.6 Å². The first-order chi connectivity index (χ1) is 6.09. The number of aliphatic carboxylic acids is 1. The second-order valence-electron chi connectivity index (χ2n) is 2.55. The highest BCUT2D eigenvalue weighted by Gasteiger charge is 2.00. The van der Waals surface area contributed by atoms with Gasteiger partial charge in [0.1, 0.15) is 17.5 Å². The summed E-state index contributed by atoms with van der Waals surface area (Å²) in [6.07, 6.45) is 0. The van der Waals surface area contributed by atoms with E-state index in [1.54, 1.807) is 12.1 Å². The first-order valence-corrected chi connectivity index (χ1v) is 4.06. The zero-order valence-corrected chi connectivity index (χ0v) is 7.80. The standard InChI is InChI=1S/C8H9ClN2O2/c1-5-2-3-6(11-8(5)9)10-4-7(12)13/h2-3H,4H2,1H3,(H,10,11)(H,12,13). The molecule has 0 radical (unpaired) electrons. The van der Waals surface area contributed by atoms with Crippen molar-refractivity contribution in [3.8, 4) is 0 Å². The molecule has 13 heavy (non-hydrogen) atoms. The Morgan fingerprint density at radius 2 is 2.38 bits per heavy atom.